The van der Waals surface area contributed by atoms with Crippen molar-refractivity contribution < 1.29 is 9.59 Å². The number of halogens is 1. The Morgan fingerprint density at radius 1 is 1.23 bits per heavy atom. The molecule has 0 spiro atoms. The van der Waals surface area contributed by atoms with E-state index in [0.717, 1.165) is 45.6 Å². The zero-order valence-electron chi connectivity index (χ0n) is 13.6. The average Bonchev–Trinajstić information content (AvgIpc) is 2.47. The van der Waals surface area contributed by atoms with Gasteiger partial charge in [0.05, 0.1) is 12.6 Å². The van der Waals surface area contributed by atoms with Crippen LogP contribution in [0.1, 0.15) is 26.7 Å². The molecule has 2 saturated heterocycles. The molecule has 2 rings (SSSR count). The largest absolute Gasteiger partial charge is 0.355 e. The molecule has 2 aliphatic rings. The van der Waals surface area contributed by atoms with Crippen LogP contribution in [0.25, 0.3) is 0 Å². The molecule has 2 amide bonds. The van der Waals surface area contributed by atoms with Gasteiger partial charge in [-0.1, -0.05) is 6.92 Å². The summed E-state index contributed by atoms with van der Waals surface area (Å²) in [6.07, 6.45) is 2.10. The van der Waals surface area contributed by atoms with Crippen molar-refractivity contribution >= 4 is 24.2 Å². The molecule has 0 aromatic carbocycles. The van der Waals surface area contributed by atoms with Gasteiger partial charge in [-0.05, 0) is 32.2 Å². The van der Waals surface area contributed by atoms with Gasteiger partial charge in [0.25, 0.3) is 0 Å². The van der Waals surface area contributed by atoms with Gasteiger partial charge in [0.15, 0.2) is 0 Å². The SMILES string of the molecule is CCNC(=O)CN1CCN(C(=O)C2CC(C)CCN2)CC1.Cl. The van der Waals surface area contributed by atoms with E-state index >= 15 is 0 Å². The Morgan fingerprint density at radius 3 is 2.50 bits per heavy atom. The van der Waals surface area contributed by atoms with Gasteiger partial charge >= 0.3 is 0 Å². The Balaban J connectivity index is 0.00000242. The molecule has 6 nitrogen and oxygen atoms in total. The van der Waals surface area contributed by atoms with Crippen LogP contribution in [0.15, 0.2) is 0 Å². The molecule has 2 aliphatic heterocycles. The zero-order chi connectivity index (χ0) is 15.2. The molecule has 0 radical (unpaired) electrons. The molecule has 0 bridgehead atoms. The monoisotopic (exact) mass is 332 g/mol. The van der Waals surface area contributed by atoms with Crippen LogP contribution in [-0.2, 0) is 9.59 Å². The van der Waals surface area contributed by atoms with E-state index in [-0.39, 0.29) is 30.3 Å². The van der Waals surface area contributed by atoms with Gasteiger partial charge in [-0.3, -0.25) is 14.5 Å². The van der Waals surface area contributed by atoms with E-state index in [0.29, 0.717) is 19.0 Å². The summed E-state index contributed by atoms with van der Waals surface area (Å²) in [5.74, 6) is 0.929. The predicted molar refractivity (Wildman–Crippen MR) is 89.1 cm³/mol. The maximum atomic E-state index is 12.5. The van der Waals surface area contributed by atoms with Crippen LogP contribution in [0.2, 0.25) is 0 Å². The van der Waals surface area contributed by atoms with Gasteiger partial charge in [-0.2, -0.15) is 0 Å². The second kappa shape index (κ2) is 9.33. The standard InChI is InChI=1S/C15H28N4O2.ClH/c1-3-16-14(20)11-18-6-8-19(9-7-18)15(21)13-10-12(2)4-5-17-13;/h12-13,17H,3-11H2,1-2H3,(H,16,20);1H. The first-order valence-corrected chi connectivity index (χ1v) is 8.11. The first-order valence-electron chi connectivity index (χ1n) is 8.11. The van der Waals surface area contributed by atoms with E-state index in [1.807, 2.05) is 11.8 Å². The van der Waals surface area contributed by atoms with Crippen LogP contribution in [0, 0.1) is 5.92 Å². The first kappa shape index (κ1) is 19.2. The van der Waals surface area contributed by atoms with Crippen molar-refractivity contribution in [2.24, 2.45) is 5.92 Å². The molecule has 2 N–H and O–H groups in total. The number of nitrogens with one attached hydrogen (secondary N) is 2. The lowest BCUT2D eigenvalue weighted by Crippen LogP contribution is -2.56. The molecule has 0 aromatic rings. The van der Waals surface area contributed by atoms with E-state index in [1.165, 1.54) is 0 Å². The van der Waals surface area contributed by atoms with Crippen molar-refractivity contribution in [3.63, 3.8) is 0 Å². The van der Waals surface area contributed by atoms with Crippen molar-refractivity contribution in [1.82, 2.24) is 20.4 Å². The van der Waals surface area contributed by atoms with E-state index in [4.69, 9.17) is 0 Å². The fraction of sp³-hybridized carbons (Fsp3) is 0.867. The summed E-state index contributed by atoms with van der Waals surface area (Å²) in [7, 11) is 0. The Hall–Kier alpha value is -0.850. The van der Waals surface area contributed by atoms with Gasteiger partial charge in [-0.15, -0.1) is 12.4 Å². The minimum Gasteiger partial charge on any atom is -0.355 e. The molecule has 2 heterocycles. The molecular weight excluding hydrogens is 304 g/mol. The number of hydrogen-bond acceptors (Lipinski definition) is 4. The van der Waals surface area contributed by atoms with Crippen LogP contribution in [-0.4, -0.2) is 73.5 Å². The first-order chi connectivity index (χ1) is 10.1. The fourth-order valence-electron chi connectivity index (χ4n) is 3.10. The van der Waals surface area contributed by atoms with Crippen molar-refractivity contribution in [2.75, 3.05) is 45.8 Å². The molecule has 2 unspecified atom stereocenters. The summed E-state index contributed by atoms with van der Waals surface area (Å²) < 4.78 is 0. The molecular formula is C15H29ClN4O2. The molecule has 7 heteroatoms. The van der Waals surface area contributed by atoms with Crippen molar-refractivity contribution in [2.45, 2.75) is 32.7 Å². The van der Waals surface area contributed by atoms with E-state index in [9.17, 15) is 9.59 Å². The Bertz CT molecular complexity index is 373. The number of piperazine rings is 1. The zero-order valence-corrected chi connectivity index (χ0v) is 14.5. The van der Waals surface area contributed by atoms with Gasteiger partial charge in [0, 0.05) is 32.7 Å². The van der Waals surface area contributed by atoms with Gasteiger partial charge in [0.1, 0.15) is 0 Å². The molecule has 2 fully saturated rings. The summed E-state index contributed by atoms with van der Waals surface area (Å²) in [6, 6.07) is -0.0105. The third-order valence-electron chi connectivity index (χ3n) is 4.39. The van der Waals surface area contributed by atoms with Crippen molar-refractivity contribution in [3.05, 3.63) is 0 Å². The van der Waals surface area contributed by atoms with Gasteiger partial charge in [-0.25, -0.2) is 0 Å². The Kier molecular flexibility index (Phi) is 8.14. The number of rotatable bonds is 4. The second-order valence-electron chi connectivity index (χ2n) is 6.19. The van der Waals surface area contributed by atoms with Crippen molar-refractivity contribution in [3.8, 4) is 0 Å². The number of hydrogen-bond donors (Lipinski definition) is 2. The summed E-state index contributed by atoms with van der Waals surface area (Å²) >= 11 is 0. The summed E-state index contributed by atoms with van der Waals surface area (Å²) in [6.45, 7) is 9.20. The lowest BCUT2D eigenvalue weighted by atomic mass is 9.93. The van der Waals surface area contributed by atoms with Crippen LogP contribution in [0.4, 0.5) is 0 Å². The molecule has 2 atom stereocenters. The summed E-state index contributed by atoms with van der Waals surface area (Å²) in [5, 5.41) is 6.15. The Labute approximate surface area is 139 Å². The quantitative estimate of drug-likeness (QED) is 0.765. The molecule has 0 saturated carbocycles. The summed E-state index contributed by atoms with van der Waals surface area (Å²) in [4.78, 5) is 28.1. The lowest BCUT2D eigenvalue weighted by molar-refractivity contribution is -0.136. The highest BCUT2D eigenvalue weighted by molar-refractivity contribution is 5.85. The number of likely N-dealkylation sites (N-methyl/N-ethyl adjacent to an activating group) is 1. The number of nitrogens with zero attached hydrogens (tertiary/aromatic N) is 2. The third-order valence-corrected chi connectivity index (χ3v) is 4.39. The number of piperidine rings is 1. The highest BCUT2D eigenvalue weighted by atomic mass is 35.5. The minimum atomic E-state index is -0.0105. The highest BCUT2D eigenvalue weighted by Gasteiger charge is 2.30. The van der Waals surface area contributed by atoms with Crippen LogP contribution in [0.3, 0.4) is 0 Å². The molecule has 128 valence electrons. The van der Waals surface area contributed by atoms with Gasteiger partial charge < -0.3 is 15.5 Å². The average molecular weight is 333 g/mol. The van der Waals surface area contributed by atoms with E-state index in [2.05, 4.69) is 22.5 Å². The van der Waals surface area contributed by atoms with Crippen LogP contribution < -0.4 is 10.6 Å². The normalized spacial score (nSPS) is 26.2. The van der Waals surface area contributed by atoms with Crippen molar-refractivity contribution in [1.29, 1.82) is 0 Å². The fourth-order valence-corrected chi connectivity index (χ4v) is 3.10. The topological polar surface area (TPSA) is 64.7 Å². The van der Waals surface area contributed by atoms with Gasteiger partial charge in [0.2, 0.25) is 11.8 Å². The van der Waals surface area contributed by atoms with Crippen LogP contribution in [0.5, 0.6) is 0 Å². The van der Waals surface area contributed by atoms with E-state index < -0.39 is 0 Å². The van der Waals surface area contributed by atoms with Crippen LogP contribution >= 0.6 is 12.4 Å². The van der Waals surface area contributed by atoms with E-state index in [1.54, 1.807) is 0 Å². The number of amides is 2. The maximum Gasteiger partial charge on any atom is 0.239 e. The maximum absolute atomic E-state index is 12.5. The predicted octanol–water partition coefficient (Wildman–Crippen LogP) is 0.0766. The summed E-state index contributed by atoms with van der Waals surface area (Å²) in [5.41, 5.74) is 0. The highest BCUT2D eigenvalue weighted by Crippen LogP contribution is 2.17. The molecule has 22 heavy (non-hydrogen) atoms. The lowest BCUT2D eigenvalue weighted by Gasteiger charge is -2.37. The second-order valence-corrected chi connectivity index (χ2v) is 6.19. The Morgan fingerprint density at radius 2 is 1.91 bits per heavy atom. The number of carbonyl (C=O) groups excluding carboxylic acids is 2. The molecule has 0 aliphatic carbocycles. The number of carbonyl (C=O) groups is 2. The third kappa shape index (κ3) is 5.41. The molecule has 0 aromatic heterocycles. The smallest absolute Gasteiger partial charge is 0.239 e. The minimum absolute atomic E-state index is 0.